The molecule has 1 aliphatic carbocycles. The highest BCUT2D eigenvalue weighted by Gasteiger charge is 2.50. The van der Waals surface area contributed by atoms with Crippen LogP contribution in [0.5, 0.6) is 0 Å². The van der Waals surface area contributed by atoms with E-state index in [2.05, 4.69) is 10.1 Å². The molecule has 1 rings (SSSR count). The van der Waals surface area contributed by atoms with Gasteiger partial charge in [-0.1, -0.05) is 24.3 Å². The number of halogens is 4. The summed E-state index contributed by atoms with van der Waals surface area (Å²) >= 11 is 7.40. The van der Waals surface area contributed by atoms with Crippen LogP contribution in [-0.4, -0.2) is 52.5 Å². The van der Waals surface area contributed by atoms with Gasteiger partial charge in [-0.15, -0.1) is 23.4 Å². The number of hydrogen-bond donors (Lipinski definition) is 2. The van der Waals surface area contributed by atoms with Crippen molar-refractivity contribution < 1.29 is 27.8 Å². The summed E-state index contributed by atoms with van der Waals surface area (Å²) < 4.78 is 41.3. The Morgan fingerprint density at radius 2 is 2.14 bits per heavy atom. The van der Waals surface area contributed by atoms with E-state index < -0.39 is 34.5 Å². The Morgan fingerprint density at radius 3 is 2.68 bits per heavy atom. The SMILES string of the molecule is COC(=O)CSC1(Cl)C=CC=CC1NC[C@@](C)(O)C(F)(F)F. The number of carbonyl (C=O) groups excluding carboxylic acids is 1. The zero-order chi connectivity index (χ0) is 17.0. The van der Waals surface area contributed by atoms with E-state index in [1.165, 1.54) is 7.11 Å². The molecule has 0 aliphatic heterocycles. The molecular weight excluding hydrogens is 343 g/mol. The summed E-state index contributed by atoms with van der Waals surface area (Å²) in [6.07, 6.45) is 1.64. The van der Waals surface area contributed by atoms with Crippen LogP contribution in [0.15, 0.2) is 24.3 Å². The quantitative estimate of drug-likeness (QED) is 0.562. The van der Waals surface area contributed by atoms with E-state index in [4.69, 9.17) is 11.6 Å². The molecule has 1 aliphatic rings. The minimum Gasteiger partial charge on any atom is -0.468 e. The van der Waals surface area contributed by atoms with E-state index in [9.17, 15) is 23.1 Å². The summed E-state index contributed by atoms with van der Waals surface area (Å²) in [4.78, 5) is 11.2. The van der Waals surface area contributed by atoms with Crippen molar-refractivity contribution in [2.45, 2.75) is 28.9 Å². The standard InChI is InChI=1S/C13H17ClF3NO3S/c1-11(20,13(15,16)17)8-18-9-5-3-4-6-12(9,14)22-7-10(19)21-2/h3-6,9,18,20H,7-8H2,1-2H3/t9?,11-,12?/m1/s1. The number of aliphatic hydroxyl groups is 1. The van der Waals surface area contributed by atoms with Crippen molar-refractivity contribution in [2.75, 3.05) is 19.4 Å². The molecule has 9 heteroatoms. The first-order valence-electron chi connectivity index (χ1n) is 6.30. The van der Waals surface area contributed by atoms with Gasteiger partial charge in [0.2, 0.25) is 0 Å². The monoisotopic (exact) mass is 359 g/mol. The minimum absolute atomic E-state index is 0.0496. The van der Waals surface area contributed by atoms with Crippen molar-refractivity contribution in [3.63, 3.8) is 0 Å². The van der Waals surface area contributed by atoms with Crippen molar-refractivity contribution >= 4 is 29.3 Å². The average Bonchev–Trinajstić information content (AvgIpc) is 2.42. The lowest BCUT2D eigenvalue weighted by molar-refractivity contribution is -0.250. The van der Waals surface area contributed by atoms with Gasteiger partial charge < -0.3 is 15.2 Å². The Kier molecular flexibility index (Phi) is 6.37. The van der Waals surface area contributed by atoms with Crippen LogP contribution in [0.4, 0.5) is 13.2 Å². The van der Waals surface area contributed by atoms with Gasteiger partial charge in [-0.2, -0.15) is 13.2 Å². The second-order valence-corrected chi connectivity index (χ2v) is 7.04. The fraction of sp³-hybridized carbons (Fsp3) is 0.615. The zero-order valence-electron chi connectivity index (χ0n) is 12.0. The summed E-state index contributed by atoms with van der Waals surface area (Å²) in [7, 11) is 1.23. The van der Waals surface area contributed by atoms with Crippen LogP contribution in [0.2, 0.25) is 0 Å². The predicted molar refractivity (Wildman–Crippen MR) is 79.8 cm³/mol. The zero-order valence-corrected chi connectivity index (χ0v) is 13.6. The molecule has 4 nitrogen and oxygen atoms in total. The maximum atomic E-state index is 12.7. The van der Waals surface area contributed by atoms with Crippen molar-refractivity contribution in [3.8, 4) is 0 Å². The Morgan fingerprint density at radius 1 is 1.50 bits per heavy atom. The number of esters is 1. The number of carbonyl (C=O) groups is 1. The lowest BCUT2D eigenvalue weighted by Gasteiger charge is -2.35. The predicted octanol–water partition coefficient (Wildman–Crippen LogP) is 2.23. The molecule has 22 heavy (non-hydrogen) atoms. The van der Waals surface area contributed by atoms with Crippen molar-refractivity contribution in [1.29, 1.82) is 0 Å². The number of methoxy groups -OCH3 is 1. The first-order valence-corrected chi connectivity index (χ1v) is 7.66. The molecule has 126 valence electrons. The number of allylic oxidation sites excluding steroid dienone is 2. The highest BCUT2D eigenvalue weighted by atomic mass is 35.5. The molecule has 0 radical (unpaired) electrons. The second kappa shape index (κ2) is 7.25. The van der Waals surface area contributed by atoms with Crippen LogP contribution in [0.1, 0.15) is 6.92 Å². The molecule has 0 bridgehead atoms. The molecule has 0 aromatic rings. The van der Waals surface area contributed by atoms with Crippen LogP contribution in [0.3, 0.4) is 0 Å². The lowest BCUT2D eigenvalue weighted by Crippen LogP contribution is -2.55. The van der Waals surface area contributed by atoms with Crippen LogP contribution in [0, 0.1) is 0 Å². The second-order valence-electron chi connectivity index (χ2n) is 4.94. The van der Waals surface area contributed by atoms with E-state index in [1.54, 1.807) is 24.3 Å². The van der Waals surface area contributed by atoms with E-state index in [-0.39, 0.29) is 5.75 Å². The van der Waals surface area contributed by atoms with Crippen molar-refractivity contribution in [1.82, 2.24) is 5.32 Å². The van der Waals surface area contributed by atoms with Crippen LogP contribution < -0.4 is 5.32 Å². The van der Waals surface area contributed by atoms with Gasteiger partial charge >= 0.3 is 12.1 Å². The van der Waals surface area contributed by atoms with Gasteiger partial charge in [-0.3, -0.25) is 4.79 Å². The molecule has 0 aromatic heterocycles. The van der Waals surface area contributed by atoms with Crippen LogP contribution in [0.25, 0.3) is 0 Å². The number of hydrogen-bond acceptors (Lipinski definition) is 5. The van der Waals surface area contributed by atoms with Crippen LogP contribution >= 0.6 is 23.4 Å². The third kappa shape index (κ3) is 4.91. The molecule has 3 atom stereocenters. The van der Waals surface area contributed by atoms with E-state index >= 15 is 0 Å². The summed E-state index contributed by atoms with van der Waals surface area (Å²) in [6, 6.07) is -0.692. The van der Waals surface area contributed by atoms with Gasteiger partial charge in [-0.25, -0.2) is 0 Å². The van der Waals surface area contributed by atoms with E-state index in [0.717, 1.165) is 11.8 Å². The smallest absolute Gasteiger partial charge is 0.418 e. The van der Waals surface area contributed by atoms with Gasteiger partial charge in [0.1, 0.15) is 4.21 Å². The molecule has 0 saturated heterocycles. The molecule has 0 spiro atoms. The molecule has 2 N–H and O–H groups in total. The van der Waals surface area contributed by atoms with Gasteiger partial charge in [0.15, 0.2) is 5.60 Å². The largest absolute Gasteiger partial charge is 0.468 e. The Bertz CT molecular complexity index is 468. The molecular formula is C13H17ClF3NO3S. The lowest BCUT2D eigenvalue weighted by atomic mass is 10.0. The first-order chi connectivity index (χ1) is 10.0. The summed E-state index contributed by atoms with van der Waals surface area (Å²) in [5.41, 5.74) is -2.88. The normalized spacial score (nSPS) is 27.5. The third-order valence-electron chi connectivity index (χ3n) is 3.08. The van der Waals surface area contributed by atoms with E-state index in [0.29, 0.717) is 6.92 Å². The van der Waals surface area contributed by atoms with Gasteiger partial charge in [0.25, 0.3) is 0 Å². The highest BCUT2D eigenvalue weighted by Crippen LogP contribution is 2.38. The molecule has 0 aromatic carbocycles. The first kappa shape index (κ1) is 19.3. The van der Waals surface area contributed by atoms with Crippen molar-refractivity contribution in [3.05, 3.63) is 24.3 Å². The molecule has 0 fully saturated rings. The summed E-state index contributed by atoms with van der Waals surface area (Å²) in [5.74, 6) is -0.541. The molecule has 0 heterocycles. The third-order valence-corrected chi connectivity index (χ3v) is 4.98. The number of rotatable bonds is 6. The highest BCUT2D eigenvalue weighted by molar-refractivity contribution is 8.02. The maximum Gasteiger partial charge on any atom is 0.418 e. The molecule has 2 unspecified atom stereocenters. The summed E-state index contributed by atoms with van der Waals surface area (Å²) in [6.45, 7) is -0.0491. The Labute approximate surface area is 135 Å². The molecule has 0 saturated carbocycles. The van der Waals surface area contributed by atoms with Gasteiger partial charge in [0.05, 0.1) is 18.9 Å². The van der Waals surface area contributed by atoms with Crippen molar-refractivity contribution in [2.24, 2.45) is 0 Å². The fourth-order valence-corrected chi connectivity index (χ4v) is 2.94. The average molecular weight is 360 g/mol. The number of ether oxygens (including phenoxy) is 1. The van der Waals surface area contributed by atoms with E-state index in [1.807, 2.05) is 0 Å². The topological polar surface area (TPSA) is 58.6 Å². The van der Waals surface area contributed by atoms with Crippen LogP contribution in [-0.2, 0) is 9.53 Å². The maximum absolute atomic E-state index is 12.7. The van der Waals surface area contributed by atoms with Gasteiger partial charge in [-0.05, 0) is 6.92 Å². The number of alkyl halides is 4. The summed E-state index contributed by atoms with van der Waals surface area (Å²) in [5, 5.41) is 12.0. The molecule has 0 amide bonds. The Balaban J connectivity index is 2.73. The fourth-order valence-electron chi connectivity index (χ4n) is 1.58. The number of thioether (sulfide) groups is 1. The Hall–Kier alpha value is -0.700. The minimum atomic E-state index is -4.76. The number of nitrogens with one attached hydrogen (secondary N) is 1. The van der Waals surface area contributed by atoms with Gasteiger partial charge in [0, 0.05) is 6.54 Å².